The summed E-state index contributed by atoms with van der Waals surface area (Å²) in [6, 6.07) is 0. The first-order chi connectivity index (χ1) is 8.70. The lowest BCUT2D eigenvalue weighted by Crippen LogP contribution is -2.38. The van der Waals surface area contributed by atoms with Gasteiger partial charge in [-0.3, -0.25) is 13.8 Å². The Bertz CT molecular complexity index is 369. The van der Waals surface area contributed by atoms with Crippen LogP contribution < -0.4 is 0 Å². The molecule has 0 aliphatic carbocycles. The van der Waals surface area contributed by atoms with Crippen molar-refractivity contribution in [3.8, 4) is 0 Å². The summed E-state index contributed by atoms with van der Waals surface area (Å²) >= 11 is 0. The number of carbonyl (C=O) groups is 2. The summed E-state index contributed by atoms with van der Waals surface area (Å²) in [5, 5.41) is -0.772. The van der Waals surface area contributed by atoms with Gasteiger partial charge in [-0.05, 0) is 40.5 Å². The molecule has 1 amide bonds. The summed E-state index contributed by atoms with van der Waals surface area (Å²) in [6.45, 7) is 8.29. The number of hydrogen-bond acceptors (Lipinski definition) is 4. The van der Waals surface area contributed by atoms with E-state index in [1.165, 1.54) is 0 Å². The minimum atomic E-state index is -1.52. The molecule has 0 aromatic rings. The minimum absolute atomic E-state index is 0.0968. The summed E-state index contributed by atoms with van der Waals surface area (Å²) in [6.07, 6.45) is 2.00. The van der Waals surface area contributed by atoms with Gasteiger partial charge in [0, 0.05) is 23.9 Å². The van der Waals surface area contributed by atoms with Crippen LogP contribution in [0.3, 0.4) is 0 Å². The highest BCUT2D eigenvalue weighted by Crippen LogP contribution is 2.12. The van der Waals surface area contributed by atoms with Crippen molar-refractivity contribution >= 4 is 22.7 Å². The molecule has 1 rings (SSSR count). The van der Waals surface area contributed by atoms with E-state index >= 15 is 0 Å². The summed E-state index contributed by atoms with van der Waals surface area (Å²) in [4.78, 5) is 25.3. The number of likely N-dealkylation sites (tertiary alicyclic amines) is 1. The topological polar surface area (TPSA) is 63.7 Å². The Morgan fingerprint density at radius 2 is 1.79 bits per heavy atom. The minimum Gasteiger partial charge on any atom is -0.459 e. The first-order valence-electron chi connectivity index (χ1n) is 6.58. The number of nitrogens with zero attached hydrogens (tertiary/aromatic N) is 1. The zero-order chi connectivity index (χ0) is 14.6. The van der Waals surface area contributed by atoms with Crippen molar-refractivity contribution in [3.05, 3.63) is 0 Å². The van der Waals surface area contributed by atoms with Crippen LogP contribution in [0.2, 0.25) is 0 Å². The molecule has 1 aliphatic rings. The molecule has 2 unspecified atom stereocenters. The van der Waals surface area contributed by atoms with Crippen LogP contribution >= 0.6 is 0 Å². The van der Waals surface area contributed by atoms with Crippen LogP contribution in [-0.4, -0.2) is 50.7 Å². The first kappa shape index (κ1) is 16.1. The molecule has 0 saturated carbocycles. The zero-order valence-electron chi connectivity index (χ0n) is 12.1. The third-order valence-corrected chi connectivity index (χ3v) is 4.37. The van der Waals surface area contributed by atoms with E-state index in [1.807, 2.05) is 0 Å². The molecule has 110 valence electrons. The Kier molecular flexibility index (Phi) is 5.52. The van der Waals surface area contributed by atoms with Crippen molar-refractivity contribution in [2.75, 3.05) is 18.8 Å². The van der Waals surface area contributed by atoms with E-state index in [2.05, 4.69) is 0 Å². The van der Waals surface area contributed by atoms with E-state index in [9.17, 15) is 13.8 Å². The highest BCUT2D eigenvalue weighted by Gasteiger charge is 2.29. The number of hydrogen-bond donors (Lipinski definition) is 0. The lowest BCUT2D eigenvalue weighted by Gasteiger charge is -2.22. The normalized spacial score (nSPS) is 19.1. The Balaban J connectivity index is 2.48. The van der Waals surface area contributed by atoms with Gasteiger partial charge in [0.15, 0.2) is 0 Å². The number of ether oxygens (including phenoxy) is 1. The number of rotatable bonds is 4. The monoisotopic (exact) mass is 289 g/mol. The number of esters is 1. The van der Waals surface area contributed by atoms with Crippen molar-refractivity contribution < 1.29 is 18.5 Å². The Hall–Kier alpha value is -0.910. The fourth-order valence-electron chi connectivity index (χ4n) is 1.80. The Morgan fingerprint density at radius 1 is 1.26 bits per heavy atom. The fourth-order valence-corrected chi connectivity index (χ4v) is 2.74. The Morgan fingerprint density at radius 3 is 2.26 bits per heavy atom. The molecule has 1 aliphatic heterocycles. The van der Waals surface area contributed by atoms with Gasteiger partial charge in [0.25, 0.3) is 0 Å². The second-order valence-electron chi connectivity index (χ2n) is 5.79. The van der Waals surface area contributed by atoms with Gasteiger partial charge in [0.1, 0.15) is 16.6 Å². The van der Waals surface area contributed by atoms with E-state index in [0.717, 1.165) is 25.9 Å². The summed E-state index contributed by atoms with van der Waals surface area (Å²) in [5.74, 6) is -0.744. The summed E-state index contributed by atoms with van der Waals surface area (Å²) in [5.41, 5.74) is -0.603. The van der Waals surface area contributed by atoms with Gasteiger partial charge in [-0.2, -0.15) is 0 Å². The fraction of sp³-hybridized carbons (Fsp3) is 0.846. The van der Waals surface area contributed by atoms with Crippen LogP contribution in [0.15, 0.2) is 0 Å². The maximum absolute atomic E-state index is 12.0. The maximum atomic E-state index is 12.0. The molecule has 1 fully saturated rings. The average molecular weight is 289 g/mol. The molecule has 2 atom stereocenters. The maximum Gasteiger partial charge on any atom is 0.321 e. The van der Waals surface area contributed by atoms with E-state index in [1.54, 1.807) is 32.6 Å². The van der Waals surface area contributed by atoms with Gasteiger partial charge in [-0.1, -0.05) is 0 Å². The predicted octanol–water partition coefficient (Wildman–Crippen LogP) is 1.09. The van der Waals surface area contributed by atoms with E-state index in [4.69, 9.17) is 4.74 Å². The van der Waals surface area contributed by atoms with Crippen LogP contribution in [0.5, 0.6) is 0 Å². The molecule has 1 saturated heterocycles. The summed E-state index contributed by atoms with van der Waals surface area (Å²) < 4.78 is 17.2. The van der Waals surface area contributed by atoms with Crippen LogP contribution in [0.25, 0.3) is 0 Å². The molecule has 19 heavy (non-hydrogen) atoms. The Labute approximate surface area is 117 Å². The van der Waals surface area contributed by atoms with Gasteiger partial charge >= 0.3 is 5.97 Å². The molecule has 6 heteroatoms. The van der Waals surface area contributed by atoms with Gasteiger partial charge in [-0.25, -0.2) is 0 Å². The number of amides is 1. The molecule has 0 radical (unpaired) electrons. The van der Waals surface area contributed by atoms with E-state index < -0.39 is 27.6 Å². The molecule has 0 aromatic carbocycles. The van der Waals surface area contributed by atoms with E-state index in [0.29, 0.717) is 0 Å². The van der Waals surface area contributed by atoms with Crippen LogP contribution in [0, 0.1) is 0 Å². The smallest absolute Gasteiger partial charge is 0.321 e. The van der Waals surface area contributed by atoms with Crippen molar-refractivity contribution in [1.82, 2.24) is 4.90 Å². The molecule has 5 nitrogen and oxygen atoms in total. The van der Waals surface area contributed by atoms with Gasteiger partial charge in [-0.15, -0.1) is 0 Å². The van der Waals surface area contributed by atoms with Crippen molar-refractivity contribution in [3.63, 3.8) is 0 Å². The third-order valence-electron chi connectivity index (χ3n) is 2.86. The lowest BCUT2D eigenvalue weighted by atomic mass is 10.2. The second kappa shape index (κ2) is 6.50. The molecule has 0 bridgehead atoms. The van der Waals surface area contributed by atoms with Crippen molar-refractivity contribution in [2.24, 2.45) is 0 Å². The van der Waals surface area contributed by atoms with Gasteiger partial charge in [0.05, 0.1) is 0 Å². The van der Waals surface area contributed by atoms with Gasteiger partial charge < -0.3 is 9.64 Å². The average Bonchev–Trinajstić information content (AvgIpc) is 2.78. The zero-order valence-corrected chi connectivity index (χ0v) is 12.9. The summed E-state index contributed by atoms with van der Waals surface area (Å²) in [7, 11) is -1.52. The lowest BCUT2D eigenvalue weighted by molar-refractivity contribution is -0.153. The van der Waals surface area contributed by atoms with E-state index in [-0.39, 0.29) is 11.7 Å². The van der Waals surface area contributed by atoms with Crippen LogP contribution in [0.1, 0.15) is 40.5 Å². The quantitative estimate of drug-likeness (QED) is 0.727. The molecular weight excluding hydrogens is 266 g/mol. The molecule has 1 heterocycles. The number of carbonyl (C=O) groups excluding carboxylic acids is 2. The van der Waals surface area contributed by atoms with Crippen molar-refractivity contribution in [1.29, 1.82) is 0 Å². The largest absolute Gasteiger partial charge is 0.459 e. The molecular formula is C13H23NO4S. The standard InChI is InChI=1S/C13H23NO4S/c1-10(12(16)18-13(2,3)4)19(17)9-11(15)14-7-5-6-8-14/h10H,5-9H2,1-4H3. The first-order valence-corrected chi connectivity index (χ1v) is 7.97. The van der Waals surface area contributed by atoms with Gasteiger partial charge in [0.2, 0.25) is 5.91 Å². The molecule has 0 aromatic heterocycles. The van der Waals surface area contributed by atoms with Crippen LogP contribution in [0.4, 0.5) is 0 Å². The van der Waals surface area contributed by atoms with Crippen LogP contribution in [-0.2, 0) is 25.1 Å². The SMILES string of the molecule is CC(C(=O)OC(C)(C)C)S(=O)CC(=O)N1CCCC1. The third kappa shape index (κ3) is 5.30. The van der Waals surface area contributed by atoms with Crippen molar-refractivity contribution in [2.45, 2.75) is 51.4 Å². The molecule has 0 N–H and O–H groups in total. The molecule has 0 spiro atoms. The second-order valence-corrected chi connectivity index (χ2v) is 7.55. The highest BCUT2D eigenvalue weighted by atomic mass is 32.2. The predicted molar refractivity (Wildman–Crippen MR) is 74.1 cm³/mol. The highest BCUT2D eigenvalue weighted by molar-refractivity contribution is 7.87.